The topological polar surface area (TPSA) is 91.5 Å². The molecule has 19 heavy (non-hydrogen) atoms. The van der Waals surface area contributed by atoms with Crippen LogP contribution in [0, 0.1) is 10.1 Å². The van der Waals surface area contributed by atoms with E-state index in [2.05, 4.69) is 10.3 Å². The molecule has 1 aliphatic rings. The van der Waals surface area contributed by atoms with E-state index in [1.165, 1.54) is 6.07 Å². The van der Waals surface area contributed by atoms with E-state index in [1.54, 1.807) is 13.1 Å². The standard InChI is InChI=1S/C12H18N4O3/c1-13-11-6-5-10(16(18)19)12(14-11)15(7-8-17)9-3-2-4-9/h5-6,9,17H,2-4,7-8H2,1H3,(H,13,14). The van der Waals surface area contributed by atoms with Crippen LogP contribution in [0.25, 0.3) is 0 Å². The Hall–Kier alpha value is -1.89. The van der Waals surface area contributed by atoms with Gasteiger partial charge in [-0.3, -0.25) is 10.1 Å². The predicted octanol–water partition coefficient (Wildman–Crippen LogP) is 1.38. The van der Waals surface area contributed by atoms with Crippen LogP contribution in [-0.4, -0.2) is 41.3 Å². The SMILES string of the molecule is CNc1ccc([N+](=O)[O-])c(N(CCO)C2CCC2)n1. The largest absolute Gasteiger partial charge is 0.395 e. The van der Waals surface area contributed by atoms with E-state index >= 15 is 0 Å². The van der Waals surface area contributed by atoms with Crippen molar-refractivity contribution in [2.24, 2.45) is 0 Å². The summed E-state index contributed by atoms with van der Waals surface area (Å²) < 4.78 is 0. The van der Waals surface area contributed by atoms with Crippen molar-refractivity contribution in [2.75, 3.05) is 30.4 Å². The lowest BCUT2D eigenvalue weighted by atomic mass is 9.91. The molecule has 2 rings (SSSR count). The maximum atomic E-state index is 11.1. The molecular formula is C12H18N4O3. The summed E-state index contributed by atoms with van der Waals surface area (Å²) in [5.74, 6) is 0.929. The van der Waals surface area contributed by atoms with Gasteiger partial charge < -0.3 is 15.3 Å². The van der Waals surface area contributed by atoms with Crippen molar-refractivity contribution in [1.29, 1.82) is 0 Å². The number of aliphatic hydroxyl groups is 1. The van der Waals surface area contributed by atoms with E-state index in [0.29, 0.717) is 18.2 Å². The first-order valence-electron chi connectivity index (χ1n) is 6.38. The van der Waals surface area contributed by atoms with Gasteiger partial charge in [0.25, 0.3) is 0 Å². The minimum absolute atomic E-state index is 0.0145. The molecule has 1 aromatic rings. The van der Waals surface area contributed by atoms with Crippen LogP contribution >= 0.6 is 0 Å². The summed E-state index contributed by atoms with van der Waals surface area (Å²) in [6.45, 7) is 0.324. The maximum Gasteiger partial charge on any atom is 0.311 e. The van der Waals surface area contributed by atoms with Gasteiger partial charge in [0.05, 0.1) is 11.5 Å². The van der Waals surface area contributed by atoms with Crippen molar-refractivity contribution in [3.63, 3.8) is 0 Å². The van der Waals surface area contributed by atoms with Crippen molar-refractivity contribution in [1.82, 2.24) is 4.98 Å². The normalized spacial score (nSPS) is 14.8. The molecule has 0 spiro atoms. The van der Waals surface area contributed by atoms with Crippen LogP contribution in [0.4, 0.5) is 17.3 Å². The van der Waals surface area contributed by atoms with E-state index in [4.69, 9.17) is 5.11 Å². The van der Waals surface area contributed by atoms with Crippen LogP contribution in [-0.2, 0) is 0 Å². The molecule has 0 aliphatic heterocycles. The third-order valence-corrected chi connectivity index (χ3v) is 3.44. The molecule has 0 amide bonds. The average Bonchev–Trinajstić information content (AvgIpc) is 2.35. The zero-order chi connectivity index (χ0) is 13.8. The van der Waals surface area contributed by atoms with E-state index < -0.39 is 4.92 Å². The van der Waals surface area contributed by atoms with Gasteiger partial charge in [0.1, 0.15) is 5.82 Å². The van der Waals surface area contributed by atoms with Gasteiger partial charge in [-0.2, -0.15) is 0 Å². The van der Waals surface area contributed by atoms with Crippen LogP contribution in [0.2, 0.25) is 0 Å². The summed E-state index contributed by atoms with van der Waals surface area (Å²) in [5, 5.41) is 23.2. The van der Waals surface area contributed by atoms with Crippen LogP contribution < -0.4 is 10.2 Å². The summed E-state index contributed by atoms with van der Waals surface area (Å²) in [7, 11) is 1.72. The molecule has 0 unspecified atom stereocenters. The molecule has 0 bridgehead atoms. The molecule has 7 heteroatoms. The molecule has 0 atom stereocenters. The van der Waals surface area contributed by atoms with Crippen molar-refractivity contribution in [3.05, 3.63) is 22.2 Å². The van der Waals surface area contributed by atoms with E-state index in [9.17, 15) is 10.1 Å². The second-order valence-corrected chi connectivity index (χ2v) is 4.55. The summed E-state index contributed by atoms with van der Waals surface area (Å²) in [6, 6.07) is 3.28. The number of aliphatic hydroxyl groups excluding tert-OH is 1. The van der Waals surface area contributed by atoms with Gasteiger partial charge in [0.2, 0.25) is 5.82 Å². The number of pyridine rings is 1. The minimum atomic E-state index is -0.426. The number of nitrogens with one attached hydrogen (secondary N) is 1. The lowest BCUT2D eigenvalue weighted by molar-refractivity contribution is -0.384. The van der Waals surface area contributed by atoms with Gasteiger partial charge in [-0.25, -0.2) is 4.98 Å². The molecular weight excluding hydrogens is 248 g/mol. The molecule has 1 heterocycles. The Morgan fingerprint density at radius 3 is 2.79 bits per heavy atom. The van der Waals surface area contributed by atoms with Crippen molar-refractivity contribution < 1.29 is 10.0 Å². The third-order valence-electron chi connectivity index (χ3n) is 3.44. The number of nitro groups is 1. The van der Waals surface area contributed by atoms with Gasteiger partial charge >= 0.3 is 5.69 Å². The molecule has 0 radical (unpaired) electrons. The predicted molar refractivity (Wildman–Crippen MR) is 72.5 cm³/mol. The van der Waals surface area contributed by atoms with Crippen LogP contribution in [0.15, 0.2) is 12.1 Å². The fourth-order valence-electron chi connectivity index (χ4n) is 2.20. The summed E-state index contributed by atoms with van der Waals surface area (Å²) in [4.78, 5) is 16.8. The average molecular weight is 266 g/mol. The van der Waals surface area contributed by atoms with Crippen LogP contribution in [0.3, 0.4) is 0 Å². The highest BCUT2D eigenvalue weighted by Gasteiger charge is 2.30. The van der Waals surface area contributed by atoms with Gasteiger partial charge in [0.15, 0.2) is 0 Å². The molecule has 2 N–H and O–H groups in total. The minimum Gasteiger partial charge on any atom is -0.395 e. The first-order chi connectivity index (χ1) is 9.17. The Balaban J connectivity index is 2.39. The quantitative estimate of drug-likeness (QED) is 0.597. The number of rotatable bonds is 6. The van der Waals surface area contributed by atoms with Gasteiger partial charge in [-0.1, -0.05) is 0 Å². The highest BCUT2D eigenvalue weighted by Crippen LogP contribution is 2.34. The maximum absolute atomic E-state index is 11.1. The Kier molecular flexibility index (Phi) is 4.16. The lowest BCUT2D eigenvalue weighted by Crippen LogP contribution is -2.42. The molecule has 104 valence electrons. The second-order valence-electron chi connectivity index (χ2n) is 4.55. The van der Waals surface area contributed by atoms with Crippen molar-refractivity contribution in [2.45, 2.75) is 25.3 Å². The van der Waals surface area contributed by atoms with E-state index in [0.717, 1.165) is 19.3 Å². The lowest BCUT2D eigenvalue weighted by Gasteiger charge is -2.37. The van der Waals surface area contributed by atoms with Crippen molar-refractivity contribution in [3.8, 4) is 0 Å². The summed E-state index contributed by atoms with van der Waals surface area (Å²) in [5.41, 5.74) is -0.0145. The van der Waals surface area contributed by atoms with Gasteiger partial charge in [-0.15, -0.1) is 0 Å². The molecule has 0 aromatic carbocycles. The van der Waals surface area contributed by atoms with Crippen molar-refractivity contribution >= 4 is 17.3 Å². The smallest absolute Gasteiger partial charge is 0.311 e. The summed E-state index contributed by atoms with van der Waals surface area (Å²) >= 11 is 0. The number of anilines is 2. The summed E-state index contributed by atoms with van der Waals surface area (Å²) in [6.07, 6.45) is 3.09. The van der Waals surface area contributed by atoms with E-state index in [-0.39, 0.29) is 18.3 Å². The molecule has 1 fully saturated rings. The molecule has 7 nitrogen and oxygen atoms in total. The highest BCUT2D eigenvalue weighted by atomic mass is 16.6. The first kappa shape index (κ1) is 13.5. The third kappa shape index (κ3) is 2.76. The van der Waals surface area contributed by atoms with Gasteiger partial charge in [-0.05, 0) is 25.3 Å². The number of hydrogen-bond acceptors (Lipinski definition) is 6. The van der Waals surface area contributed by atoms with Gasteiger partial charge in [0, 0.05) is 25.7 Å². The Labute approximate surface area is 111 Å². The monoisotopic (exact) mass is 266 g/mol. The fraction of sp³-hybridized carbons (Fsp3) is 0.583. The molecule has 1 saturated carbocycles. The first-order valence-corrected chi connectivity index (χ1v) is 6.38. The Bertz CT molecular complexity index is 462. The number of hydrogen-bond donors (Lipinski definition) is 2. The zero-order valence-corrected chi connectivity index (χ0v) is 10.9. The zero-order valence-electron chi connectivity index (χ0n) is 10.9. The Morgan fingerprint density at radius 1 is 1.58 bits per heavy atom. The Morgan fingerprint density at radius 2 is 2.32 bits per heavy atom. The number of nitrogens with zero attached hydrogens (tertiary/aromatic N) is 3. The van der Waals surface area contributed by atoms with Crippen LogP contribution in [0.1, 0.15) is 19.3 Å². The fourth-order valence-corrected chi connectivity index (χ4v) is 2.20. The molecule has 0 saturated heterocycles. The number of aromatic nitrogens is 1. The molecule has 1 aliphatic carbocycles. The van der Waals surface area contributed by atoms with E-state index in [1.807, 2.05) is 4.90 Å². The molecule has 1 aromatic heterocycles. The van der Waals surface area contributed by atoms with Crippen LogP contribution in [0.5, 0.6) is 0 Å². The highest BCUT2D eigenvalue weighted by molar-refractivity contribution is 5.62. The second kappa shape index (κ2) is 5.83.